The van der Waals surface area contributed by atoms with E-state index in [1.807, 2.05) is 66.7 Å². The number of rotatable bonds is 5. The summed E-state index contributed by atoms with van der Waals surface area (Å²) in [4.78, 5) is 1.75. The number of benzene rings is 9. The van der Waals surface area contributed by atoms with Crippen LogP contribution in [0.15, 0.2) is 152 Å². The van der Waals surface area contributed by atoms with E-state index in [2.05, 4.69) is 0 Å². The second-order valence-corrected chi connectivity index (χ2v) is 14.6. The highest BCUT2D eigenvalue weighted by Crippen LogP contribution is 2.47. The van der Waals surface area contributed by atoms with Gasteiger partial charge in [-0.05, 0) is 127 Å². The van der Waals surface area contributed by atoms with Crippen molar-refractivity contribution in [1.82, 2.24) is 0 Å². The van der Waals surface area contributed by atoms with Crippen LogP contribution in [0, 0.1) is 0 Å². The van der Waals surface area contributed by atoms with Crippen LogP contribution in [0.4, 0.5) is 69.7 Å². The summed E-state index contributed by atoms with van der Waals surface area (Å²) in [6.45, 7) is 0. The first-order valence-corrected chi connectivity index (χ1v) is 18.4. The fraction of sp³-hybridized carbons (Fsp3) is 0.0833. The zero-order valence-corrected chi connectivity index (χ0v) is 30.9. The average Bonchev–Trinajstić information content (AvgIpc) is 3.22. The van der Waals surface area contributed by atoms with Crippen LogP contribution in [-0.2, 0) is 24.7 Å². The second kappa shape index (κ2) is 13.9. The molecule has 0 unspecified atom stereocenters. The minimum atomic E-state index is -5.07. The van der Waals surface area contributed by atoms with Gasteiger partial charge in [0.15, 0.2) is 0 Å². The SMILES string of the molecule is FC(F)(F)c1cc(-c2ccc(N(c3ccc(-c4cc(C(F)(F)F)cc(C(F)(F)F)c4)cc3)c3ccc4c5cccc6cccc(c7cccc3c74)c65)cc2)cc(C(F)(F)F)c1. The van der Waals surface area contributed by atoms with Crippen LogP contribution >= 0.6 is 0 Å². The largest absolute Gasteiger partial charge is 0.416 e. The van der Waals surface area contributed by atoms with Crippen molar-refractivity contribution in [2.75, 3.05) is 4.90 Å². The molecule has 0 fully saturated rings. The molecule has 0 saturated heterocycles. The number of hydrogen-bond acceptors (Lipinski definition) is 1. The first kappa shape index (κ1) is 39.7. The van der Waals surface area contributed by atoms with E-state index >= 15 is 0 Å². The van der Waals surface area contributed by atoms with E-state index < -0.39 is 47.0 Å². The Balaban J connectivity index is 1.23. The molecular formula is C48H25F12N. The molecule has 0 saturated carbocycles. The molecular weight excluding hydrogens is 819 g/mol. The molecule has 0 bridgehead atoms. The van der Waals surface area contributed by atoms with Gasteiger partial charge in [-0.2, -0.15) is 52.7 Å². The average molecular weight is 844 g/mol. The summed E-state index contributed by atoms with van der Waals surface area (Å²) in [6, 6.07) is 35.6. The Morgan fingerprint density at radius 3 is 1.03 bits per heavy atom. The van der Waals surface area contributed by atoms with Gasteiger partial charge in [-0.1, -0.05) is 84.9 Å². The molecule has 0 aliphatic rings. The minimum Gasteiger partial charge on any atom is -0.310 e. The summed E-state index contributed by atoms with van der Waals surface area (Å²) in [5.41, 5.74) is -5.15. The summed E-state index contributed by atoms with van der Waals surface area (Å²) in [5, 5.41) is 7.57. The summed E-state index contributed by atoms with van der Waals surface area (Å²) in [7, 11) is 0. The fourth-order valence-electron chi connectivity index (χ4n) is 8.10. The van der Waals surface area contributed by atoms with Gasteiger partial charge < -0.3 is 4.90 Å². The Bertz CT molecular complexity index is 2890. The monoisotopic (exact) mass is 843 g/mol. The molecule has 9 aromatic rings. The van der Waals surface area contributed by atoms with Crippen molar-refractivity contribution in [2.45, 2.75) is 24.7 Å². The first-order chi connectivity index (χ1) is 28.8. The molecule has 9 rings (SSSR count). The van der Waals surface area contributed by atoms with Crippen molar-refractivity contribution < 1.29 is 52.7 Å². The van der Waals surface area contributed by atoms with Gasteiger partial charge in [-0.3, -0.25) is 0 Å². The predicted molar refractivity (Wildman–Crippen MR) is 213 cm³/mol. The van der Waals surface area contributed by atoms with Gasteiger partial charge >= 0.3 is 24.7 Å². The second-order valence-electron chi connectivity index (χ2n) is 14.6. The van der Waals surface area contributed by atoms with Crippen molar-refractivity contribution in [2.24, 2.45) is 0 Å². The number of anilines is 3. The van der Waals surface area contributed by atoms with Crippen LogP contribution in [0.5, 0.6) is 0 Å². The van der Waals surface area contributed by atoms with Crippen molar-refractivity contribution in [3.05, 3.63) is 174 Å². The van der Waals surface area contributed by atoms with E-state index in [4.69, 9.17) is 0 Å². The van der Waals surface area contributed by atoms with Crippen LogP contribution in [0.25, 0.3) is 65.3 Å². The molecule has 1 nitrogen and oxygen atoms in total. The van der Waals surface area contributed by atoms with E-state index in [1.54, 1.807) is 4.90 Å². The van der Waals surface area contributed by atoms with Crippen LogP contribution in [0.2, 0.25) is 0 Å². The van der Waals surface area contributed by atoms with Crippen molar-refractivity contribution in [3.63, 3.8) is 0 Å². The number of alkyl halides is 12. The molecule has 9 aromatic carbocycles. The lowest BCUT2D eigenvalue weighted by Crippen LogP contribution is -2.12. The number of halogens is 12. The molecule has 0 N–H and O–H groups in total. The van der Waals surface area contributed by atoms with Crippen LogP contribution in [0.1, 0.15) is 22.3 Å². The van der Waals surface area contributed by atoms with Gasteiger partial charge in [0.2, 0.25) is 0 Å². The van der Waals surface area contributed by atoms with E-state index in [1.165, 1.54) is 48.5 Å². The molecule has 0 aromatic heterocycles. The van der Waals surface area contributed by atoms with Crippen LogP contribution < -0.4 is 4.90 Å². The van der Waals surface area contributed by atoms with E-state index in [-0.39, 0.29) is 34.4 Å². The highest BCUT2D eigenvalue weighted by Gasteiger charge is 2.38. The number of nitrogens with zero attached hydrogens (tertiary/aromatic N) is 1. The smallest absolute Gasteiger partial charge is 0.310 e. The first-order valence-electron chi connectivity index (χ1n) is 18.4. The number of fused-ring (bicyclic) bond motifs is 2. The Morgan fingerprint density at radius 1 is 0.295 bits per heavy atom. The summed E-state index contributed by atoms with van der Waals surface area (Å²) in [5.74, 6) is 0. The standard InChI is InChI=1S/C48H25F12N/c49-45(50,51)31-20-29(21-32(24-31)46(52,53)54)26-10-14-35(15-11-26)61(36-16-12-27(13-17-36)30-22-33(47(55,56)57)25-34(23-30)48(58,59)60)42-19-18-40-38-7-2-5-28-4-1-6-37(43(28)38)39-8-3-9-41(42)44(39)40/h1-25H. The molecule has 0 radical (unpaired) electrons. The lowest BCUT2D eigenvalue weighted by molar-refractivity contribution is -0.144. The van der Waals surface area contributed by atoms with Crippen molar-refractivity contribution in [3.8, 4) is 22.3 Å². The van der Waals surface area contributed by atoms with Crippen LogP contribution in [0.3, 0.4) is 0 Å². The molecule has 0 aliphatic heterocycles. The number of hydrogen-bond donors (Lipinski definition) is 0. The van der Waals surface area contributed by atoms with E-state index in [0.29, 0.717) is 41.3 Å². The Morgan fingerprint density at radius 2 is 0.639 bits per heavy atom. The van der Waals surface area contributed by atoms with E-state index in [0.717, 1.165) is 43.1 Å². The van der Waals surface area contributed by atoms with E-state index in [9.17, 15) is 52.7 Å². The highest BCUT2D eigenvalue weighted by molar-refractivity contribution is 6.34. The highest BCUT2D eigenvalue weighted by atomic mass is 19.4. The summed E-state index contributed by atoms with van der Waals surface area (Å²) >= 11 is 0. The molecule has 306 valence electrons. The zero-order valence-electron chi connectivity index (χ0n) is 30.9. The third-order valence-corrected chi connectivity index (χ3v) is 10.8. The Kier molecular flexibility index (Phi) is 9.04. The third kappa shape index (κ3) is 7.11. The normalized spacial score (nSPS) is 12.9. The molecule has 0 spiro atoms. The summed E-state index contributed by atoms with van der Waals surface area (Å²) < 4.78 is 165. The molecule has 0 atom stereocenters. The Hall–Kier alpha value is -6.76. The molecule has 0 heterocycles. The molecule has 0 amide bonds. The molecule has 0 aliphatic carbocycles. The summed E-state index contributed by atoms with van der Waals surface area (Å²) in [6.07, 6.45) is -20.3. The van der Waals surface area contributed by atoms with Crippen LogP contribution in [-0.4, -0.2) is 0 Å². The van der Waals surface area contributed by atoms with Gasteiger partial charge in [0.25, 0.3) is 0 Å². The van der Waals surface area contributed by atoms with Gasteiger partial charge in [0, 0.05) is 16.8 Å². The van der Waals surface area contributed by atoms with Crippen molar-refractivity contribution >= 4 is 60.2 Å². The maximum atomic E-state index is 13.8. The topological polar surface area (TPSA) is 3.24 Å². The molecule has 61 heavy (non-hydrogen) atoms. The van der Waals surface area contributed by atoms with Gasteiger partial charge in [-0.25, -0.2) is 0 Å². The molecule has 13 heteroatoms. The van der Waals surface area contributed by atoms with Gasteiger partial charge in [0.1, 0.15) is 0 Å². The van der Waals surface area contributed by atoms with Gasteiger partial charge in [0.05, 0.1) is 27.9 Å². The minimum absolute atomic E-state index is 0.0438. The Labute approximate surface area is 338 Å². The zero-order chi connectivity index (χ0) is 43.2. The maximum absolute atomic E-state index is 13.8. The lowest BCUT2D eigenvalue weighted by atomic mass is 9.89. The maximum Gasteiger partial charge on any atom is 0.416 e. The quantitative estimate of drug-likeness (QED) is 0.0948. The predicted octanol–water partition coefficient (Wildman–Crippen LogP) is 16.6. The van der Waals surface area contributed by atoms with Gasteiger partial charge in [-0.15, -0.1) is 0 Å². The van der Waals surface area contributed by atoms with Crippen molar-refractivity contribution in [1.29, 1.82) is 0 Å². The third-order valence-electron chi connectivity index (χ3n) is 10.8. The fourth-order valence-corrected chi connectivity index (χ4v) is 8.10. The lowest BCUT2D eigenvalue weighted by Gasteiger charge is -2.28.